The van der Waals surface area contributed by atoms with Gasteiger partial charge >= 0.3 is 0 Å². The second kappa shape index (κ2) is 5.75. The number of nitrogens with two attached hydrogens (primary N) is 1. The Bertz CT molecular complexity index is 557. The van der Waals surface area contributed by atoms with Crippen molar-refractivity contribution >= 4 is 22.6 Å². The van der Waals surface area contributed by atoms with Crippen molar-refractivity contribution in [1.82, 2.24) is 0 Å². The highest BCUT2D eigenvalue weighted by atomic mass is 127. The van der Waals surface area contributed by atoms with Gasteiger partial charge in [-0.25, -0.2) is 8.78 Å². The van der Waals surface area contributed by atoms with E-state index in [0.717, 1.165) is 15.2 Å². The van der Waals surface area contributed by atoms with Crippen LogP contribution in [-0.2, 0) is 6.42 Å². The average molecular weight is 359 g/mol. The molecule has 0 aliphatic heterocycles. The summed E-state index contributed by atoms with van der Waals surface area (Å²) in [5, 5.41) is 0. The topological polar surface area (TPSA) is 26.0 Å². The Kier molecular flexibility index (Phi) is 4.29. The molecule has 1 nitrogen and oxygen atoms in total. The minimum absolute atomic E-state index is 0.281. The van der Waals surface area contributed by atoms with Crippen molar-refractivity contribution in [1.29, 1.82) is 0 Å². The Balaban J connectivity index is 2.24. The van der Waals surface area contributed by atoms with Gasteiger partial charge in [0.2, 0.25) is 0 Å². The van der Waals surface area contributed by atoms with E-state index in [4.69, 9.17) is 5.73 Å². The first-order chi connectivity index (χ1) is 8.59. The second-order valence-electron chi connectivity index (χ2n) is 4.05. The number of rotatable bonds is 3. The van der Waals surface area contributed by atoms with Crippen LogP contribution in [0.1, 0.15) is 17.2 Å². The standard InChI is InChI=1S/C14H12F2IN/c15-11-6-3-4-9(14(11)16)8-13(18)10-5-1-2-7-12(10)17/h1-7,13H,8,18H2. The van der Waals surface area contributed by atoms with Crippen molar-refractivity contribution in [2.45, 2.75) is 12.5 Å². The number of benzene rings is 2. The Morgan fingerprint density at radius 1 is 1.06 bits per heavy atom. The molecule has 0 amide bonds. The van der Waals surface area contributed by atoms with Gasteiger partial charge < -0.3 is 5.73 Å². The van der Waals surface area contributed by atoms with E-state index in [2.05, 4.69) is 22.6 Å². The summed E-state index contributed by atoms with van der Waals surface area (Å²) >= 11 is 2.19. The minimum atomic E-state index is -0.831. The van der Waals surface area contributed by atoms with Gasteiger partial charge in [0.05, 0.1) is 0 Å². The van der Waals surface area contributed by atoms with E-state index in [0.29, 0.717) is 5.56 Å². The van der Waals surface area contributed by atoms with Crippen LogP contribution in [0.4, 0.5) is 8.78 Å². The fourth-order valence-corrected chi connectivity index (χ4v) is 2.62. The lowest BCUT2D eigenvalue weighted by atomic mass is 9.99. The molecule has 2 N–H and O–H groups in total. The molecule has 94 valence electrons. The predicted octanol–water partition coefficient (Wildman–Crippen LogP) is 3.81. The molecule has 0 bridgehead atoms. The van der Waals surface area contributed by atoms with E-state index in [1.54, 1.807) is 6.07 Å². The molecule has 2 aromatic carbocycles. The van der Waals surface area contributed by atoms with Crippen molar-refractivity contribution < 1.29 is 8.78 Å². The molecule has 0 heterocycles. The number of hydrogen-bond donors (Lipinski definition) is 1. The summed E-state index contributed by atoms with van der Waals surface area (Å²) in [6.07, 6.45) is 0.281. The Morgan fingerprint density at radius 2 is 1.78 bits per heavy atom. The van der Waals surface area contributed by atoms with Crippen molar-refractivity contribution in [3.8, 4) is 0 Å². The fraction of sp³-hybridized carbons (Fsp3) is 0.143. The smallest absolute Gasteiger partial charge is 0.162 e. The van der Waals surface area contributed by atoms with Crippen LogP contribution in [0.15, 0.2) is 42.5 Å². The molecule has 2 aromatic rings. The first-order valence-corrected chi connectivity index (χ1v) is 6.60. The molecule has 1 unspecified atom stereocenters. The first-order valence-electron chi connectivity index (χ1n) is 5.52. The molecule has 4 heteroatoms. The van der Waals surface area contributed by atoms with Crippen LogP contribution in [0, 0.1) is 15.2 Å². The van der Waals surface area contributed by atoms with Gasteiger partial charge in [-0.2, -0.15) is 0 Å². The quantitative estimate of drug-likeness (QED) is 0.829. The summed E-state index contributed by atoms with van der Waals surface area (Å²) in [5.41, 5.74) is 7.31. The molecule has 0 aliphatic carbocycles. The van der Waals surface area contributed by atoms with Gasteiger partial charge in [-0.3, -0.25) is 0 Å². The molecule has 2 rings (SSSR count). The largest absolute Gasteiger partial charge is 0.324 e. The second-order valence-corrected chi connectivity index (χ2v) is 5.21. The Labute approximate surface area is 118 Å². The van der Waals surface area contributed by atoms with E-state index >= 15 is 0 Å². The van der Waals surface area contributed by atoms with E-state index in [1.165, 1.54) is 6.07 Å². The van der Waals surface area contributed by atoms with Crippen LogP contribution in [0.3, 0.4) is 0 Å². The van der Waals surface area contributed by atoms with Gasteiger partial charge in [-0.15, -0.1) is 0 Å². The molecular weight excluding hydrogens is 347 g/mol. The molecule has 0 radical (unpaired) electrons. The lowest BCUT2D eigenvalue weighted by molar-refractivity contribution is 0.494. The van der Waals surface area contributed by atoms with Crippen LogP contribution in [-0.4, -0.2) is 0 Å². The van der Waals surface area contributed by atoms with E-state index < -0.39 is 11.6 Å². The van der Waals surface area contributed by atoms with Crippen LogP contribution in [0.2, 0.25) is 0 Å². The van der Waals surface area contributed by atoms with Gasteiger partial charge in [0, 0.05) is 9.61 Å². The summed E-state index contributed by atoms with van der Waals surface area (Å²) in [6.45, 7) is 0. The maximum Gasteiger partial charge on any atom is 0.162 e. The summed E-state index contributed by atoms with van der Waals surface area (Å²) in [4.78, 5) is 0. The van der Waals surface area contributed by atoms with Crippen molar-refractivity contribution in [2.75, 3.05) is 0 Å². The normalized spacial score (nSPS) is 12.4. The van der Waals surface area contributed by atoms with Gasteiger partial charge in [0.1, 0.15) is 0 Å². The van der Waals surface area contributed by atoms with Crippen LogP contribution in [0.5, 0.6) is 0 Å². The SMILES string of the molecule is NC(Cc1cccc(F)c1F)c1ccccc1I. The highest BCUT2D eigenvalue weighted by Gasteiger charge is 2.14. The Hall–Kier alpha value is -1.01. The molecule has 18 heavy (non-hydrogen) atoms. The molecule has 0 aromatic heterocycles. The summed E-state index contributed by atoms with van der Waals surface area (Å²) in [7, 11) is 0. The zero-order chi connectivity index (χ0) is 13.1. The van der Waals surface area contributed by atoms with Gasteiger partial charge in [0.15, 0.2) is 11.6 Å². The van der Waals surface area contributed by atoms with Gasteiger partial charge in [0.25, 0.3) is 0 Å². The lowest BCUT2D eigenvalue weighted by Crippen LogP contribution is -2.15. The lowest BCUT2D eigenvalue weighted by Gasteiger charge is -2.14. The van der Waals surface area contributed by atoms with Gasteiger partial charge in [-0.1, -0.05) is 30.3 Å². The maximum absolute atomic E-state index is 13.5. The van der Waals surface area contributed by atoms with E-state index in [9.17, 15) is 8.78 Å². The third kappa shape index (κ3) is 2.87. The number of halogens is 3. The number of hydrogen-bond acceptors (Lipinski definition) is 1. The average Bonchev–Trinajstić information content (AvgIpc) is 2.35. The third-order valence-electron chi connectivity index (χ3n) is 2.78. The molecule has 1 atom stereocenters. The molecule has 0 saturated heterocycles. The highest BCUT2D eigenvalue weighted by Crippen LogP contribution is 2.23. The van der Waals surface area contributed by atoms with Crippen molar-refractivity contribution in [3.05, 3.63) is 68.8 Å². The van der Waals surface area contributed by atoms with E-state index in [1.807, 2.05) is 24.3 Å². The van der Waals surface area contributed by atoms with Gasteiger partial charge in [-0.05, 0) is 52.3 Å². The highest BCUT2D eigenvalue weighted by molar-refractivity contribution is 14.1. The summed E-state index contributed by atoms with van der Waals surface area (Å²) < 4.78 is 27.7. The van der Waals surface area contributed by atoms with Crippen LogP contribution >= 0.6 is 22.6 Å². The molecule has 0 spiro atoms. The monoisotopic (exact) mass is 359 g/mol. The Morgan fingerprint density at radius 3 is 2.50 bits per heavy atom. The fourth-order valence-electron chi connectivity index (χ4n) is 1.83. The van der Waals surface area contributed by atoms with E-state index in [-0.39, 0.29) is 12.5 Å². The third-order valence-corrected chi connectivity index (χ3v) is 3.76. The van der Waals surface area contributed by atoms with Crippen molar-refractivity contribution in [3.63, 3.8) is 0 Å². The van der Waals surface area contributed by atoms with Crippen LogP contribution < -0.4 is 5.73 Å². The zero-order valence-electron chi connectivity index (χ0n) is 9.54. The summed E-state index contributed by atoms with van der Waals surface area (Å²) in [6, 6.07) is 11.5. The predicted molar refractivity (Wildman–Crippen MR) is 76.1 cm³/mol. The molecule has 0 aliphatic rings. The first kappa shape index (κ1) is 13.4. The van der Waals surface area contributed by atoms with Crippen LogP contribution in [0.25, 0.3) is 0 Å². The summed E-state index contributed by atoms with van der Waals surface area (Å²) in [5.74, 6) is -1.64. The zero-order valence-corrected chi connectivity index (χ0v) is 11.7. The molecular formula is C14H12F2IN. The van der Waals surface area contributed by atoms with Crippen molar-refractivity contribution in [2.24, 2.45) is 5.73 Å². The maximum atomic E-state index is 13.5. The minimum Gasteiger partial charge on any atom is -0.324 e. The molecule has 0 fully saturated rings. The molecule has 0 saturated carbocycles.